The van der Waals surface area contributed by atoms with E-state index in [1.807, 2.05) is 0 Å². The van der Waals surface area contributed by atoms with Crippen LogP contribution in [0.15, 0.2) is 47.4 Å². The van der Waals surface area contributed by atoms with Crippen LogP contribution in [0.3, 0.4) is 0 Å². The summed E-state index contributed by atoms with van der Waals surface area (Å²) in [5, 5.41) is 11.5. The normalized spacial score (nSPS) is 16.6. The Morgan fingerprint density at radius 3 is 2.19 bits per heavy atom. The fourth-order valence-corrected chi connectivity index (χ4v) is 5.23. The summed E-state index contributed by atoms with van der Waals surface area (Å²) < 4.78 is 32.1. The number of ether oxygens (including phenoxy) is 1. The van der Waals surface area contributed by atoms with Gasteiger partial charge in [-0.1, -0.05) is 12.1 Å². The lowest BCUT2D eigenvalue weighted by Crippen LogP contribution is -2.33. The number of fused-ring (bicyclic) bond motifs is 1. The largest absolute Gasteiger partial charge is 0.485 e. The monoisotopic (exact) mass is 445 g/mol. The molecule has 0 aromatic heterocycles. The Hall–Kier alpha value is -3.31. The van der Waals surface area contributed by atoms with Crippen LogP contribution in [0.5, 0.6) is 5.75 Å². The number of nitro groups is 1. The highest BCUT2D eigenvalue weighted by Gasteiger charge is 2.35. The molecule has 2 amide bonds. The number of amides is 2. The Morgan fingerprint density at radius 2 is 1.61 bits per heavy atom. The molecule has 4 rings (SSSR count). The quantitative estimate of drug-likeness (QED) is 0.362. The number of imide groups is 1. The van der Waals surface area contributed by atoms with E-state index in [1.54, 1.807) is 24.3 Å². The highest BCUT2D eigenvalue weighted by molar-refractivity contribution is 7.89. The van der Waals surface area contributed by atoms with E-state index in [4.69, 9.17) is 4.74 Å². The molecule has 11 heteroatoms. The van der Waals surface area contributed by atoms with Gasteiger partial charge < -0.3 is 4.74 Å². The van der Waals surface area contributed by atoms with Gasteiger partial charge in [-0.25, -0.2) is 8.42 Å². The standard InChI is InChI=1S/C20H19N3O7S/c24-19-15-5-1-2-6-16(15)20(25)22(19)11-12-30-18-8-7-14(13-17(18)23(26)27)31(28,29)21-9-3-4-10-21/h1-2,5-8,13H,3-4,9-12H2. The molecule has 31 heavy (non-hydrogen) atoms. The van der Waals surface area contributed by atoms with Crippen molar-refractivity contribution in [3.8, 4) is 5.75 Å². The van der Waals surface area contributed by atoms with Crippen LogP contribution < -0.4 is 4.74 Å². The molecule has 162 valence electrons. The van der Waals surface area contributed by atoms with E-state index in [2.05, 4.69) is 0 Å². The first-order valence-electron chi connectivity index (χ1n) is 9.67. The second kappa shape index (κ2) is 8.08. The molecule has 0 N–H and O–H groups in total. The van der Waals surface area contributed by atoms with Crippen molar-refractivity contribution in [2.75, 3.05) is 26.2 Å². The third-order valence-corrected chi connectivity index (χ3v) is 7.18. The van der Waals surface area contributed by atoms with E-state index in [0.29, 0.717) is 24.2 Å². The summed E-state index contributed by atoms with van der Waals surface area (Å²) in [6.45, 7) is 0.491. The molecule has 0 spiro atoms. The first-order valence-corrected chi connectivity index (χ1v) is 11.1. The molecule has 1 saturated heterocycles. The van der Waals surface area contributed by atoms with E-state index in [1.165, 1.54) is 16.4 Å². The van der Waals surface area contributed by atoms with Crippen LogP contribution in [0, 0.1) is 10.1 Å². The molecule has 2 aliphatic rings. The van der Waals surface area contributed by atoms with Crippen LogP contribution in [0.25, 0.3) is 0 Å². The second-order valence-corrected chi connectivity index (χ2v) is 9.09. The van der Waals surface area contributed by atoms with Gasteiger partial charge in [0.2, 0.25) is 10.0 Å². The van der Waals surface area contributed by atoms with Gasteiger partial charge in [-0.15, -0.1) is 0 Å². The van der Waals surface area contributed by atoms with Crippen LogP contribution in [-0.4, -0.2) is 60.6 Å². The molecule has 0 aliphatic carbocycles. The molecule has 1 fully saturated rings. The number of carbonyl (C=O) groups excluding carboxylic acids is 2. The molecule has 0 atom stereocenters. The van der Waals surface area contributed by atoms with Gasteiger partial charge in [-0.2, -0.15) is 4.31 Å². The van der Waals surface area contributed by atoms with Crippen LogP contribution in [-0.2, 0) is 10.0 Å². The number of rotatable bonds is 7. The minimum Gasteiger partial charge on any atom is -0.485 e. The lowest BCUT2D eigenvalue weighted by atomic mass is 10.1. The van der Waals surface area contributed by atoms with Crippen molar-refractivity contribution in [3.63, 3.8) is 0 Å². The van der Waals surface area contributed by atoms with Crippen LogP contribution in [0.1, 0.15) is 33.6 Å². The molecular weight excluding hydrogens is 426 g/mol. The molecule has 2 aliphatic heterocycles. The SMILES string of the molecule is O=C1c2ccccc2C(=O)N1CCOc1ccc(S(=O)(=O)N2CCCC2)cc1[N+](=O)[O-]. The molecule has 0 unspecified atom stereocenters. The van der Waals surface area contributed by atoms with E-state index >= 15 is 0 Å². The molecule has 0 bridgehead atoms. The summed E-state index contributed by atoms with van der Waals surface area (Å²) in [7, 11) is -3.81. The van der Waals surface area contributed by atoms with Gasteiger partial charge in [0.05, 0.1) is 27.5 Å². The third kappa shape index (κ3) is 3.77. The Balaban J connectivity index is 1.48. The number of hydrogen-bond acceptors (Lipinski definition) is 7. The molecule has 0 saturated carbocycles. The Kier molecular flexibility index (Phi) is 5.46. The number of nitrogens with zero attached hydrogens (tertiary/aromatic N) is 3. The average molecular weight is 445 g/mol. The van der Waals surface area contributed by atoms with Gasteiger partial charge in [0.15, 0.2) is 5.75 Å². The van der Waals surface area contributed by atoms with Crippen molar-refractivity contribution >= 4 is 27.5 Å². The van der Waals surface area contributed by atoms with E-state index in [-0.39, 0.29) is 23.8 Å². The predicted octanol–water partition coefficient (Wildman–Crippen LogP) is 2.05. The molecule has 2 heterocycles. The van der Waals surface area contributed by atoms with Crippen molar-refractivity contribution in [3.05, 3.63) is 63.7 Å². The van der Waals surface area contributed by atoms with Gasteiger partial charge in [-0.05, 0) is 37.1 Å². The maximum atomic E-state index is 12.7. The summed E-state index contributed by atoms with van der Waals surface area (Å²) in [5.41, 5.74) is 0.104. The Bertz CT molecular complexity index is 1140. The molecule has 2 aromatic rings. The summed E-state index contributed by atoms with van der Waals surface area (Å²) in [6, 6.07) is 9.89. The minimum atomic E-state index is -3.81. The van der Waals surface area contributed by atoms with E-state index < -0.39 is 32.4 Å². The maximum absolute atomic E-state index is 12.7. The lowest BCUT2D eigenvalue weighted by molar-refractivity contribution is -0.386. The van der Waals surface area contributed by atoms with E-state index in [9.17, 15) is 28.1 Å². The first-order chi connectivity index (χ1) is 14.8. The average Bonchev–Trinajstić information content (AvgIpc) is 3.38. The smallest absolute Gasteiger partial charge is 0.312 e. The Labute approximate surface area is 178 Å². The summed E-state index contributed by atoms with van der Waals surface area (Å²) in [6.07, 6.45) is 1.50. The number of carbonyl (C=O) groups is 2. The highest BCUT2D eigenvalue weighted by atomic mass is 32.2. The number of benzene rings is 2. The zero-order chi connectivity index (χ0) is 22.2. The summed E-state index contributed by atoms with van der Waals surface area (Å²) in [4.78, 5) is 36.4. The molecule has 2 aromatic carbocycles. The fourth-order valence-electron chi connectivity index (χ4n) is 3.69. The van der Waals surface area contributed by atoms with Gasteiger partial charge in [0.25, 0.3) is 11.8 Å². The molecule has 0 radical (unpaired) electrons. The predicted molar refractivity (Wildman–Crippen MR) is 108 cm³/mol. The van der Waals surface area contributed by atoms with Crippen LogP contribution >= 0.6 is 0 Å². The van der Waals surface area contributed by atoms with Crippen LogP contribution in [0.4, 0.5) is 5.69 Å². The minimum absolute atomic E-state index is 0.0999. The van der Waals surface area contributed by atoms with Crippen molar-refractivity contribution in [1.82, 2.24) is 9.21 Å². The van der Waals surface area contributed by atoms with Gasteiger partial charge in [0.1, 0.15) is 6.61 Å². The topological polar surface area (TPSA) is 127 Å². The van der Waals surface area contributed by atoms with Crippen molar-refractivity contribution < 1.29 is 27.7 Å². The number of sulfonamides is 1. The summed E-state index contributed by atoms with van der Waals surface area (Å²) in [5.74, 6) is -1.04. The lowest BCUT2D eigenvalue weighted by Gasteiger charge is -2.16. The molecule has 10 nitrogen and oxygen atoms in total. The van der Waals surface area contributed by atoms with Crippen molar-refractivity contribution in [2.45, 2.75) is 17.7 Å². The zero-order valence-corrected chi connectivity index (χ0v) is 17.2. The molecular formula is C20H19N3O7S. The second-order valence-electron chi connectivity index (χ2n) is 7.15. The van der Waals surface area contributed by atoms with Gasteiger partial charge >= 0.3 is 5.69 Å². The van der Waals surface area contributed by atoms with Gasteiger partial charge in [-0.3, -0.25) is 24.6 Å². The van der Waals surface area contributed by atoms with Crippen molar-refractivity contribution in [1.29, 1.82) is 0 Å². The highest BCUT2D eigenvalue weighted by Crippen LogP contribution is 2.32. The van der Waals surface area contributed by atoms with E-state index in [0.717, 1.165) is 23.8 Å². The van der Waals surface area contributed by atoms with Crippen molar-refractivity contribution in [2.24, 2.45) is 0 Å². The summed E-state index contributed by atoms with van der Waals surface area (Å²) >= 11 is 0. The third-order valence-electron chi connectivity index (χ3n) is 5.28. The van der Waals surface area contributed by atoms with Crippen LogP contribution in [0.2, 0.25) is 0 Å². The number of nitro benzene ring substituents is 1. The zero-order valence-electron chi connectivity index (χ0n) is 16.4. The van der Waals surface area contributed by atoms with Gasteiger partial charge in [0, 0.05) is 19.2 Å². The fraction of sp³-hybridized carbons (Fsp3) is 0.300. The first kappa shape index (κ1) is 20.9. The maximum Gasteiger partial charge on any atom is 0.312 e. The number of hydrogen-bond donors (Lipinski definition) is 0. The Morgan fingerprint density at radius 1 is 1.00 bits per heavy atom.